The smallest absolute Gasteiger partial charge is 0.179 e. The molecule has 0 bridgehead atoms. The minimum absolute atomic E-state index is 0.222. The first kappa shape index (κ1) is 26.6. The number of aromatic nitrogens is 1. The molecule has 2 heterocycles. The number of H-pyrrole nitrogens is 1. The van der Waals surface area contributed by atoms with Crippen LogP contribution < -0.4 is 9.47 Å². The molecule has 208 valence electrons. The average molecular weight is 541 g/mol. The van der Waals surface area contributed by atoms with Crippen molar-refractivity contribution in [3.8, 4) is 22.6 Å². The maximum Gasteiger partial charge on any atom is 0.179 e. The number of ketones is 1. The Kier molecular flexibility index (Phi) is 7.61. The van der Waals surface area contributed by atoms with Crippen molar-refractivity contribution in [2.24, 2.45) is 11.8 Å². The molecule has 1 unspecified atom stereocenters. The van der Waals surface area contributed by atoms with Crippen molar-refractivity contribution in [2.45, 2.75) is 52.1 Å². The van der Waals surface area contributed by atoms with Gasteiger partial charge in [0.05, 0.1) is 24.5 Å². The fourth-order valence-electron chi connectivity index (χ4n) is 6.92. The Balaban J connectivity index is 1.18. The van der Waals surface area contributed by atoms with E-state index in [1.807, 2.05) is 44.2 Å². The molecule has 1 saturated heterocycles. The van der Waals surface area contributed by atoms with Crippen molar-refractivity contribution in [3.05, 3.63) is 83.8 Å². The van der Waals surface area contributed by atoms with Crippen LogP contribution in [0, 0.1) is 17.7 Å². The van der Waals surface area contributed by atoms with E-state index in [-0.39, 0.29) is 11.6 Å². The number of likely N-dealkylation sites (tertiary alicyclic amines) is 1. The number of nitrogens with zero attached hydrogens (tertiary/aromatic N) is 1. The molecular weight excluding hydrogens is 503 g/mol. The Hall–Kier alpha value is -3.64. The quantitative estimate of drug-likeness (QED) is 0.210. The molecule has 6 heteroatoms. The van der Waals surface area contributed by atoms with Gasteiger partial charge in [-0.3, -0.25) is 9.69 Å². The Morgan fingerprint density at radius 2 is 1.68 bits per heavy atom. The van der Waals surface area contributed by atoms with Crippen molar-refractivity contribution < 1.29 is 18.7 Å². The van der Waals surface area contributed by atoms with Gasteiger partial charge in [0.15, 0.2) is 5.78 Å². The van der Waals surface area contributed by atoms with Crippen molar-refractivity contribution in [1.82, 2.24) is 9.88 Å². The number of ether oxygens (including phenoxy) is 2. The van der Waals surface area contributed by atoms with Gasteiger partial charge in [-0.1, -0.05) is 30.3 Å². The van der Waals surface area contributed by atoms with Gasteiger partial charge in [0.2, 0.25) is 0 Å². The third kappa shape index (κ3) is 5.25. The number of hydrogen-bond donors (Lipinski definition) is 1. The monoisotopic (exact) mass is 540 g/mol. The van der Waals surface area contributed by atoms with Crippen LogP contribution in [0.4, 0.5) is 4.39 Å². The number of carbonyl (C=O) groups is 1. The number of hydrogen-bond acceptors (Lipinski definition) is 4. The predicted molar refractivity (Wildman–Crippen MR) is 156 cm³/mol. The van der Waals surface area contributed by atoms with Crippen LogP contribution in [-0.4, -0.2) is 41.5 Å². The minimum Gasteiger partial charge on any atom is -0.493 e. The summed E-state index contributed by atoms with van der Waals surface area (Å²) in [5.41, 5.74) is 4.64. The van der Waals surface area contributed by atoms with E-state index in [2.05, 4.69) is 22.0 Å². The molecule has 4 aromatic rings. The van der Waals surface area contributed by atoms with E-state index in [1.165, 1.54) is 12.1 Å². The highest BCUT2D eigenvalue weighted by molar-refractivity contribution is 5.99. The van der Waals surface area contributed by atoms with E-state index in [9.17, 15) is 9.18 Å². The molecule has 2 aliphatic rings. The van der Waals surface area contributed by atoms with Crippen molar-refractivity contribution >= 4 is 16.7 Å². The van der Waals surface area contributed by atoms with Crippen LogP contribution in [0.1, 0.15) is 55.6 Å². The highest BCUT2D eigenvalue weighted by Gasteiger charge is 2.44. The van der Waals surface area contributed by atoms with Gasteiger partial charge in [-0.15, -0.1) is 0 Å². The molecule has 0 radical (unpaired) electrons. The zero-order chi connectivity index (χ0) is 27.6. The summed E-state index contributed by atoms with van der Waals surface area (Å²) >= 11 is 0. The first-order valence-electron chi connectivity index (χ1n) is 14.6. The molecule has 0 spiro atoms. The number of halogens is 1. The summed E-state index contributed by atoms with van der Waals surface area (Å²) in [7, 11) is 0. The topological polar surface area (TPSA) is 54.6 Å². The van der Waals surface area contributed by atoms with Crippen LogP contribution >= 0.6 is 0 Å². The molecule has 3 atom stereocenters. The fourth-order valence-corrected chi connectivity index (χ4v) is 6.92. The van der Waals surface area contributed by atoms with Crippen molar-refractivity contribution in [2.75, 3.05) is 19.8 Å². The summed E-state index contributed by atoms with van der Waals surface area (Å²) in [6, 6.07) is 21.3. The minimum atomic E-state index is -0.266. The van der Waals surface area contributed by atoms with Crippen molar-refractivity contribution in [1.29, 1.82) is 0 Å². The van der Waals surface area contributed by atoms with E-state index in [0.717, 1.165) is 77.1 Å². The summed E-state index contributed by atoms with van der Waals surface area (Å²) in [5, 5.41) is 1.09. The zero-order valence-electron chi connectivity index (χ0n) is 23.3. The number of rotatable bonds is 10. The van der Waals surface area contributed by atoms with E-state index in [0.29, 0.717) is 37.5 Å². The highest BCUT2D eigenvalue weighted by atomic mass is 19.1. The first-order chi connectivity index (χ1) is 19.5. The number of nitrogens with one attached hydrogen (secondary N) is 1. The number of para-hydroxylation sites is 1. The van der Waals surface area contributed by atoms with Crippen LogP contribution in [0.2, 0.25) is 0 Å². The molecule has 1 saturated carbocycles. The lowest BCUT2D eigenvalue weighted by molar-refractivity contribution is 0.0945. The summed E-state index contributed by atoms with van der Waals surface area (Å²) < 4.78 is 25.8. The Bertz CT molecular complexity index is 1430. The van der Waals surface area contributed by atoms with Crippen LogP contribution in [0.3, 0.4) is 0 Å². The lowest BCUT2D eigenvalue weighted by Crippen LogP contribution is -2.30. The highest BCUT2D eigenvalue weighted by Crippen LogP contribution is 2.46. The first-order valence-corrected chi connectivity index (χ1v) is 14.6. The average Bonchev–Trinajstić information content (AvgIpc) is 3.67. The molecule has 40 heavy (non-hydrogen) atoms. The van der Waals surface area contributed by atoms with Gasteiger partial charge in [-0.2, -0.15) is 0 Å². The van der Waals surface area contributed by atoms with Crippen LogP contribution in [-0.2, 0) is 6.54 Å². The summed E-state index contributed by atoms with van der Waals surface area (Å²) in [6.45, 7) is 6.85. The maximum atomic E-state index is 13.6. The van der Waals surface area contributed by atoms with Gasteiger partial charge in [-0.25, -0.2) is 4.39 Å². The van der Waals surface area contributed by atoms with Gasteiger partial charge in [-0.05, 0) is 99.0 Å². The summed E-state index contributed by atoms with van der Waals surface area (Å²) in [6.07, 6.45) is 3.95. The third-order valence-corrected chi connectivity index (χ3v) is 8.67. The number of Topliss-reactive ketones (excluding diaryl/α,β-unsaturated/α-hetero) is 1. The van der Waals surface area contributed by atoms with E-state index in [1.54, 1.807) is 12.1 Å². The standard InChI is InChI=1S/C34H37FN2O3/c1-3-39-32-17-22(18-33(40-4-2)34(32)23-9-12-26(35)13-10-23)21-37-16-15-27-24(11-14-30(27)37)20-31(38)29-19-25-7-5-6-8-28(25)36-29/h5-10,12-13,17-19,24,27,30,36H,3-4,11,14-16,20-21H2,1-2H3/t24?,27-,30+/m0/s1. The van der Waals surface area contributed by atoms with Crippen LogP contribution in [0.5, 0.6) is 11.5 Å². The lowest BCUT2D eigenvalue weighted by atomic mass is 9.88. The Labute approximate surface area is 235 Å². The Morgan fingerprint density at radius 1 is 0.950 bits per heavy atom. The van der Waals surface area contributed by atoms with Gasteiger partial charge in [0, 0.05) is 29.9 Å². The van der Waals surface area contributed by atoms with Gasteiger partial charge in [0.1, 0.15) is 17.3 Å². The van der Waals surface area contributed by atoms with E-state index in [4.69, 9.17) is 9.47 Å². The Morgan fingerprint density at radius 3 is 2.38 bits per heavy atom. The molecule has 1 N–H and O–H groups in total. The number of aromatic amines is 1. The second-order valence-corrected chi connectivity index (χ2v) is 11.1. The normalized spacial score (nSPS) is 20.6. The molecule has 1 aromatic heterocycles. The molecule has 3 aromatic carbocycles. The van der Waals surface area contributed by atoms with Gasteiger partial charge < -0.3 is 14.5 Å². The van der Waals surface area contributed by atoms with E-state index < -0.39 is 0 Å². The van der Waals surface area contributed by atoms with Gasteiger partial charge in [0.25, 0.3) is 0 Å². The molecule has 6 rings (SSSR count). The number of carbonyl (C=O) groups excluding carboxylic acids is 1. The van der Waals surface area contributed by atoms with Crippen LogP contribution in [0.15, 0.2) is 66.7 Å². The van der Waals surface area contributed by atoms with Gasteiger partial charge >= 0.3 is 0 Å². The number of fused-ring (bicyclic) bond motifs is 2. The van der Waals surface area contributed by atoms with Crippen LogP contribution in [0.25, 0.3) is 22.0 Å². The molecular formula is C34H37FN2O3. The molecule has 2 fully saturated rings. The molecule has 5 nitrogen and oxygen atoms in total. The fraction of sp³-hybridized carbons (Fsp3) is 0.382. The zero-order valence-corrected chi connectivity index (χ0v) is 23.3. The number of benzene rings is 3. The molecule has 0 amide bonds. The predicted octanol–water partition coefficient (Wildman–Crippen LogP) is 7.64. The SMILES string of the molecule is CCOc1cc(CN2CC[C@H]3C(CC(=O)c4cc5ccccc5[nH]4)CC[C@H]32)cc(OCC)c1-c1ccc(F)cc1. The molecule has 1 aliphatic heterocycles. The summed E-state index contributed by atoms with van der Waals surface area (Å²) in [4.78, 5) is 19.1. The second kappa shape index (κ2) is 11.5. The molecule has 1 aliphatic carbocycles. The van der Waals surface area contributed by atoms with E-state index >= 15 is 0 Å². The third-order valence-electron chi connectivity index (χ3n) is 8.67. The maximum absolute atomic E-state index is 13.6. The second-order valence-electron chi connectivity index (χ2n) is 11.1. The summed E-state index contributed by atoms with van der Waals surface area (Å²) in [5.74, 6) is 2.45. The lowest BCUT2D eigenvalue weighted by Gasteiger charge is -2.25. The largest absolute Gasteiger partial charge is 0.493 e. The van der Waals surface area contributed by atoms with Crippen molar-refractivity contribution in [3.63, 3.8) is 0 Å².